The first-order valence-corrected chi connectivity index (χ1v) is 23.1. The van der Waals surface area contributed by atoms with E-state index in [-0.39, 0.29) is 0 Å². The predicted molar refractivity (Wildman–Crippen MR) is 280 cm³/mol. The zero-order valence-electron chi connectivity index (χ0n) is 37.8. The van der Waals surface area contributed by atoms with E-state index >= 15 is 0 Å². The van der Waals surface area contributed by atoms with Gasteiger partial charge >= 0.3 is 0 Å². The van der Waals surface area contributed by atoms with Gasteiger partial charge in [0.2, 0.25) is 0 Å². The number of fused-ring (bicyclic) bond motifs is 9. The van der Waals surface area contributed by atoms with Gasteiger partial charge in [0.15, 0.2) is 0 Å². The van der Waals surface area contributed by atoms with Gasteiger partial charge in [-0.05, 0) is 107 Å². The van der Waals surface area contributed by atoms with Gasteiger partial charge in [-0.3, -0.25) is 0 Å². The van der Waals surface area contributed by atoms with E-state index in [0.717, 1.165) is 95.2 Å². The second-order valence-electron chi connectivity index (χ2n) is 18.0. The molecule has 0 bridgehead atoms. The van der Waals surface area contributed by atoms with Crippen LogP contribution in [0.1, 0.15) is 22.6 Å². The van der Waals surface area contributed by atoms with Gasteiger partial charge in [0.25, 0.3) is 0 Å². The average molecular weight is 860 g/mol. The molecule has 0 unspecified atom stereocenters. The lowest BCUT2D eigenvalue weighted by Gasteiger charge is -2.24. The Hall–Kier alpha value is -8.54. The summed E-state index contributed by atoms with van der Waals surface area (Å²) in [7, 11) is 0. The minimum Gasteiger partial charge on any atom is -0.309 e. The molecule has 0 aliphatic carbocycles. The molecule has 318 valence electrons. The Bertz CT molecular complexity index is 3800. The highest BCUT2D eigenvalue weighted by atomic mass is 15.0. The normalized spacial score (nSPS) is 11.9. The van der Waals surface area contributed by atoms with Crippen LogP contribution in [-0.4, -0.2) is 23.7 Å². The molecule has 0 radical (unpaired) electrons. The molecule has 0 aliphatic rings. The maximum Gasteiger partial charge on any atom is 0.126 e. The smallest absolute Gasteiger partial charge is 0.126 e. The topological polar surface area (TPSA) is 40.6 Å². The van der Waals surface area contributed by atoms with E-state index in [2.05, 4.69) is 235 Å². The summed E-state index contributed by atoms with van der Waals surface area (Å²) in [6, 6.07) is 73.8. The molecule has 5 nitrogen and oxygen atoms in total. The van der Waals surface area contributed by atoms with Crippen molar-refractivity contribution in [1.82, 2.24) is 23.7 Å². The molecule has 4 aromatic heterocycles. The van der Waals surface area contributed by atoms with Crippen molar-refractivity contribution < 1.29 is 0 Å². The molecule has 0 N–H and O–H groups in total. The second kappa shape index (κ2) is 15.0. The molecular weight excluding hydrogens is 815 g/mol. The third-order valence-electron chi connectivity index (χ3n) is 13.7. The van der Waals surface area contributed by atoms with Crippen LogP contribution in [0.15, 0.2) is 200 Å². The fraction of sp³-hybridized carbons (Fsp3) is 0.0645. The minimum atomic E-state index is 0.742. The molecule has 0 spiro atoms. The van der Waals surface area contributed by atoms with Crippen LogP contribution < -0.4 is 0 Å². The van der Waals surface area contributed by atoms with Crippen molar-refractivity contribution in [3.63, 3.8) is 0 Å². The molecule has 67 heavy (non-hydrogen) atoms. The average Bonchev–Trinajstić information content (AvgIpc) is 3.98. The van der Waals surface area contributed by atoms with Crippen LogP contribution in [0.3, 0.4) is 0 Å². The van der Waals surface area contributed by atoms with Crippen molar-refractivity contribution >= 4 is 65.4 Å². The van der Waals surface area contributed by atoms with E-state index < -0.39 is 0 Å². The van der Waals surface area contributed by atoms with Crippen molar-refractivity contribution in [2.24, 2.45) is 0 Å². The van der Waals surface area contributed by atoms with Gasteiger partial charge in [0, 0.05) is 65.8 Å². The predicted octanol–water partition coefficient (Wildman–Crippen LogP) is 16.0. The van der Waals surface area contributed by atoms with Gasteiger partial charge < -0.3 is 13.7 Å². The zero-order valence-corrected chi connectivity index (χ0v) is 37.8. The summed E-state index contributed by atoms with van der Waals surface area (Å²) >= 11 is 0. The van der Waals surface area contributed by atoms with Gasteiger partial charge in [-0.1, -0.05) is 132 Å². The van der Waals surface area contributed by atoms with E-state index in [4.69, 9.17) is 9.97 Å². The molecule has 0 atom stereocenters. The number of aromatic nitrogens is 5. The molecule has 9 aromatic carbocycles. The van der Waals surface area contributed by atoms with Crippen LogP contribution >= 0.6 is 0 Å². The highest BCUT2D eigenvalue weighted by Gasteiger charge is 2.27. The molecule has 0 saturated heterocycles. The summed E-state index contributed by atoms with van der Waals surface area (Å²) in [5, 5.41) is 7.36. The summed E-state index contributed by atoms with van der Waals surface area (Å²) in [6.07, 6.45) is 0. The molecule has 13 aromatic rings. The quantitative estimate of drug-likeness (QED) is 0.167. The Kier molecular flexibility index (Phi) is 8.71. The summed E-state index contributed by atoms with van der Waals surface area (Å²) in [4.78, 5) is 9.92. The SMILES string of the molecule is Cc1ccc2c(c1)c1cc(C)ccc1n2-c1c(-c2ccccc2-n2c3ccccc3c3ccccc32)cc(-c2cc(C)nc(C)n2)cc1-c1ccccc1-n1c2ccccc2c2ccccc21. The van der Waals surface area contributed by atoms with E-state index in [1.807, 2.05) is 6.92 Å². The Balaban J connectivity index is 1.24. The van der Waals surface area contributed by atoms with Crippen LogP contribution in [-0.2, 0) is 0 Å². The minimum absolute atomic E-state index is 0.742. The maximum absolute atomic E-state index is 5.17. The van der Waals surface area contributed by atoms with Crippen LogP contribution in [0.5, 0.6) is 0 Å². The summed E-state index contributed by atoms with van der Waals surface area (Å²) in [5.41, 5.74) is 19.9. The molecule has 4 heterocycles. The van der Waals surface area contributed by atoms with E-state index in [9.17, 15) is 0 Å². The zero-order chi connectivity index (χ0) is 44.9. The second-order valence-corrected chi connectivity index (χ2v) is 18.0. The Morgan fingerprint density at radius 3 is 1.13 bits per heavy atom. The van der Waals surface area contributed by atoms with E-state index in [1.54, 1.807) is 0 Å². The standard InChI is InChI=1S/C62H45N5/c1-38-29-31-60-49(33-38)50-34-39(2)30-32-61(50)67(60)62-51(47-21-9-15-27-58(47)65-54-23-11-5-17-43(54)44-18-6-12-24-55(44)65)36-42(53-35-40(3)63-41(4)64-53)37-52(62)48-22-10-16-28-59(48)66-56-25-13-7-19-45(56)46-20-8-14-26-57(46)66/h5-37H,1-4H3. The monoisotopic (exact) mass is 859 g/mol. The third kappa shape index (κ3) is 6.01. The molecule has 13 rings (SSSR count). The number of para-hydroxylation sites is 6. The van der Waals surface area contributed by atoms with Crippen LogP contribution in [0.4, 0.5) is 0 Å². The molecule has 0 aliphatic heterocycles. The lowest BCUT2D eigenvalue weighted by atomic mass is 9.90. The van der Waals surface area contributed by atoms with E-state index in [0.29, 0.717) is 0 Å². The number of hydrogen-bond donors (Lipinski definition) is 0. The number of benzene rings is 9. The van der Waals surface area contributed by atoms with Gasteiger partial charge in [0.05, 0.1) is 55.9 Å². The van der Waals surface area contributed by atoms with Gasteiger partial charge in [0.1, 0.15) is 5.82 Å². The number of aryl methyl sites for hydroxylation is 4. The van der Waals surface area contributed by atoms with Gasteiger partial charge in [-0.15, -0.1) is 0 Å². The van der Waals surface area contributed by atoms with Crippen LogP contribution in [0.2, 0.25) is 0 Å². The molecule has 0 amide bonds. The summed E-state index contributed by atoms with van der Waals surface area (Å²) in [5.74, 6) is 0.742. The number of nitrogens with zero attached hydrogens (tertiary/aromatic N) is 5. The Morgan fingerprint density at radius 2 is 0.701 bits per heavy atom. The molecule has 0 fully saturated rings. The maximum atomic E-state index is 5.17. The first kappa shape index (κ1) is 38.9. The molecular formula is C62H45N5. The molecule has 5 heteroatoms. The van der Waals surface area contributed by atoms with Crippen molar-refractivity contribution in [2.45, 2.75) is 27.7 Å². The van der Waals surface area contributed by atoms with Crippen molar-refractivity contribution in [3.8, 4) is 50.6 Å². The first-order chi connectivity index (χ1) is 32.9. The highest BCUT2D eigenvalue weighted by Crippen LogP contribution is 2.48. The highest BCUT2D eigenvalue weighted by molar-refractivity contribution is 6.14. The lowest BCUT2D eigenvalue weighted by molar-refractivity contribution is 1.02. The Labute approximate surface area is 388 Å². The van der Waals surface area contributed by atoms with E-state index in [1.165, 1.54) is 43.4 Å². The van der Waals surface area contributed by atoms with Crippen molar-refractivity contribution in [3.05, 3.63) is 223 Å². The fourth-order valence-corrected chi connectivity index (χ4v) is 10.9. The Morgan fingerprint density at radius 1 is 0.313 bits per heavy atom. The van der Waals surface area contributed by atoms with Gasteiger partial charge in [-0.25, -0.2) is 9.97 Å². The largest absolute Gasteiger partial charge is 0.309 e. The fourth-order valence-electron chi connectivity index (χ4n) is 10.9. The van der Waals surface area contributed by atoms with Crippen LogP contribution in [0, 0.1) is 27.7 Å². The van der Waals surface area contributed by atoms with Crippen molar-refractivity contribution in [2.75, 3.05) is 0 Å². The third-order valence-corrected chi connectivity index (χ3v) is 13.7. The molecule has 0 saturated carbocycles. The number of rotatable bonds is 6. The lowest BCUT2D eigenvalue weighted by Crippen LogP contribution is -2.06. The first-order valence-electron chi connectivity index (χ1n) is 23.1. The number of hydrogen-bond acceptors (Lipinski definition) is 2. The van der Waals surface area contributed by atoms with Crippen LogP contribution in [0.25, 0.3) is 116 Å². The summed E-state index contributed by atoms with van der Waals surface area (Å²) in [6.45, 7) is 8.44. The van der Waals surface area contributed by atoms with Crippen molar-refractivity contribution in [1.29, 1.82) is 0 Å². The summed E-state index contributed by atoms with van der Waals surface area (Å²) < 4.78 is 7.46. The van der Waals surface area contributed by atoms with Gasteiger partial charge in [-0.2, -0.15) is 0 Å².